The Morgan fingerprint density at radius 2 is 1.59 bits per heavy atom. The molecule has 0 aromatic carbocycles. The second-order valence-corrected chi connectivity index (χ2v) is 6.34. The molecule has 0 aliphatic carbocycles. The van der Waals surface area contributed by atoms with E-state index in [1.54, 1.807) is 0 Å². The molecule has 0 bridgehead atoms. The molecule has 0 radical (unpaired) electrons. The van der Waals surface area contributed by atoms with Gasteiger partial charge in [-0.15, -0.1) is 11.6 Å². The number of alkyl halides is 1. The Morgan fingerprint density at radius 3 is 2.00 bits per heavy atom. The Hall–Kier alpha value is 0.160. The third-order valence-corrected chi connectivity index (χ3v) is 5.22. The van der Waals surface area contributed by atoms with Crippen molar-refractivity contribution in [2.75, 3.05) is 44.4 Å². The van der Waals surface area contributed by atoms with Gasteiger partial charge in [0.25, 0.3) is 0 Å². The lowest BCUT2D eigenvalue weighted by molar-refractivity contribution is 0.285. The zero-order valence-electron chi connectivity index (χ0n) is 11.2. The fraction of sp³-hybridized carbons (Fsp3) is 1.00. The van der Waals surface area contributed by atoms with E-state index in [0.717, 1.165) is 26.1 Å². The SMILES string of the molecule is CCN(CC)CCCN(CC)S(=O)(=O)CCCl. The first-order chi connectivity index (χ1) is 8.01. The molecule has 0 atom stereocenters. The lowest BCUT2D eigenvalue weighted by Crippen LogP contribution is -2.36. The lowest BCUT2D eigenvalue weighted by Gasteiger charge is -2.22. The van der Waals surface area contributed by atoms with E-state index in [1.807, 2.05) is 6.92 Å². The summed E-state index contributed by atoms with van der Waals surface area (Å²) in [4.78, 5) is 2.29. The Bertz CT molecular complexity index is 279. The minimum atomic E-state index is -3.15. The van der Waals surface area contributed by atoms with E-state index in [-0.39, 0.29) is 11.6 Å². The zero-order chi connectivity index (χ0) is 13.3. The van der Waals surface area contributed by atoms with E-state index in [2.05, 4.69) is 18.7 Å². The van der Waals surface area contributed by atoms with E-state index >= 15 is 0 Å². The Labute approximate surface area is 111 Å². The van der Waals surface area contributed by atoms with Gasteiger partial charge in [0.05, 0.1) is 5.75 Å². The topological polar surface area (TPSA) is 40.6 Å². The van der Waals surface area contributed by atoms with E-state index in [4.69, 9.17) is 11.6 Å². The average molecular weight is 285 g/mol. The lowest BCUT2D eigenvalue weighted by atomic mass is 10.3. The predicted molar refractivity (Wildman–Crippen MR) is 74.2 cm³/mol. The predicted octanol–water partition coefficient (Wildman–Crippen LogP) is 1.61. The smallest absolute Gasteiger partial charge is 0.215 e. The molecule has 0 aromatic heterocycles. The summed E-state index contributed by atoms with van der Waals surface area (Å²) in [5.41, 5.74) is 0. The summed E-state index contributed by atoms with van der Waals surface area (Å²) in [5.74, 6) is 0.197. The first kappa shape index (κ1) is 17.2. The summed E-state index contributed by atoms with van der Waals surface area (Å²) in [6.45, 7) is 10.2. The molecule has 0 spiro atoms. The van der Waals surface area contributed by atoms with Gasteiger partial charge in [0.1, 0.15) is 0 Å². The summed E-state index contributed by atoms with van der Waals surface area (Å²) >= 11 is 5.50. The summed E-state index contributed by atoms with van der Waals surface area (Å²) in [6.07, 6.45) is 0.872. The molecule has 0 aromatic rings. The van der Waals surface area contributed by atoms with Gasteiger partial charge in [-0.2, -0.15) is 0 Å². The second kappa shape index (κ2) is 9.14. The highest BCUT2D eigenvalue weighted by Gasteiger charge is 2.19. The number of rotatable bonds is 10. The molecule has 0 unspecified atom stereocenters. The molecule has 0 aliphatic rings. The maximum Gasteiger partial charge on any atom is 0.215 e. The molecule has 0 N–H and O–H groups in total. The van der Waals surface area contributed by atoms with Crippen molar-refractivity contribution < 1.29 is 8.42 Å². The highest BCUT2D eigenvalue weighted by Crippen LogP contribution is 2.04. The van der Waals surface area contributed by atoms with Gasteiger partial charge in [0, 0.05) is 19.0 Å². The van der Waals surface area contributed by atoms with E-state index in [1.165, 1.54) is 4.31 Å². The van der Waals surface area contributed by atoms with Crippen LogP contribution in [-0.2, 0) is 10.0 Å². The minimum absolute atomic E-state index is 0.0354. The highest BCUT2D eigenvalue weighted by molar-refractivity contribution is 7.89. The average Bonchev–Trinajstić information content (AvgIpc) is 2.29. The summed E-state index contributed by atoms with van der Waals surface area (Å²) < 4.78 is 25.1. The van der Waals surface area contributed by atoms with Crippen LogP contribution in [0.4, 0.5) is 0 Å². The Morgan fingerprint density at radius 1 is 1.00 bits per heavy atom. The highest BCUT2D eigenvalue weighted by atomic mass is 35.5. The fourth-order valence-corrected chi connectivity index (χ4v) is 3.57. The van der Waals surface area contributed by atoms with Crippen LogP contribution in [0.2, 0.25) is 0 Å². The van der Waals surface area contributed by atoms with Crippen molar-refractivity contribution in [3.8, 4) is 0 Å². The number of halogens is 1. The van der Waals surface area contributed by atoms with E-state index in [9.17, 15) is 8.42 Å². The van der Waals surface area contributed by atoms with Crippen LogP contribution < -0.4 is 0 Å². The van der Waals surface area contributed by atoms with Crippen molar-refractivity contribution in [3.05, 3.63) is 0 Å². The van der Waals surface area contributed by atoms with Gasteiger partial charge in [-0.25, -0.2) is 12.7 Å². The molecule has 0 rings (SSSR count). The van der Waals surface area contributed by atoms with E-state index < -0.39 is 10.0 Å². The molecular formula is C11H25ClN2O2S. The third kappa shape index (κ3) is 6.60. The van der Waals surface area contributed by atoms with Gasteiger partial charge in [-0.1, -0.05) is 20.8 Å². The maximum absolute atomic E-state index is 11.8. The first-order valence-corrected chi connectivity index (χ1v) is 8.42. The van der Waals surface area contributed by atoms with Gasteiger partial charge in [0.2, 0.25) is 10.0 Å². The molecule has 17 heavy (non-hydrogen) atoms. The van der Waals surface area contributed by atoms with Crippen LogP contribution in [0.15, 0.2) is 0 Å². The van der Waals surface area contributed by atoms with Crippen LogP contribution in [0.1, 0.15) is 27.2 Å². The number of hydrogen-bond donors (Lipinski definition) is 0. The summed E-state index contributed by atoms with van der Waals surface area (Å²) in [6, 6.07) is 0. The van der Waals surface area contributed by atoms with Crippen molar-refractivity contribution in [3.63, 3.8) is 0 Å². The quantitative estimate of drug-likeness (QED) is 0.572. The van der Waals surface area contributed by atoms with Crippen molar-refractivity contribution >= 4 is 21.6 Å². The summed E-state index contributed by atoms with van der Waals surface area (Å²) in [5, 5.41) is 0. The molecular weight excluding hydrogens is 260 g/mol. The molecule has 0 heterocycles. The van der Waals surface area contributed by atoms with Gasteiger partial charge in [0.15, 0.2) is 0 Å². The molecule has 0 fully saturated rings. The molecule has 104 valence electrons. The molecule has 4 nitrogen and oxygen atoms in total. The zero-order valence-corrected chi connectivity index (χ0v) is 12.7. The van der Waals surface area contributed by atoms with Crippen LogP contribution in [0.25, 0.3) is 0 Å². The van der Waals surface area contributed by atoms with Crippen LogP contribution in [-0.4, -0.2) is 62.0 Å². The monoisotopic (exact) mass is 284 g/mol. The van der Waals surface area contributed by atoms with Crippen molar-refractivity contribution in [2.45, 2.75) is 27.2 Å². The number of hydrogen-bond acceptors (Lipinski definition) is 3. The molecule has 6 heteroatoms. The van der Waals surface area contributed by atoms with Gasteiger partial charge in [-0.05, 0) is 26.1 Å². The van der Waals surface area contributed by atoms with Crippen molar-refractivity contribution in [1.82, 2.24) is 9.21 Å². The number of sulfonamides is 1. The first-order valence-electron chi connectivity index (χ1n) is 6.27. The van der Waals surface area contributed by atoms with Gasteiger partial charge < -0.3 is 4.90 Å². The maximum atomic E-state index is 11.8. The fourth-order valence-electron chi connectivity index (χ4n) is 1.73. The van der Waals surface area contributed by atoms with Crippen LogP contribution in [0.3, 0.4) is 0 Å². The summed E-state index contributed by atoms with van der Waals surface area (Å²) in [7, 11) is -3.15. The van der Waals surface area contributed by atoms with Gasteiger partial charge >= 0.3 is 0 Å². The minimum Gasteiger partial charge on any atom is -0.304 e. The third-order valence-electron chi connectivity index (χ3n) is 2.86. The number of nitrogens with zero attached hydrogens (tertiary/aromatic N) is 2. The van der Waals surface area contributed by atoms with Crippen LogP contribution in [0.5, 0.6) is 0 Å². The standard InChI is InChI=1S/C11H25ClN2O2S/c1-4-13(5-2)9-7-10-14(6-3)17(15,16)11-8-12/h4-11H2,1-3H3. The van der Waals surface area contributed by atoms with Crippen LogP contribution >= 0.6 is 11.6 Å². The van der Waals surface area contributed by atoms with Gasteiger partial charge in [-0.3, -0.25) is 0 Å². The molecule has 0 saturated heterocycles. The normalized spacial score (nSPS) is 12.6. The molecule has 0 amide bonds. The van der Waals surface area contributed by atoms with Crippen molar-refractivity contribution in [1.29, 1.82) is 0 Å². The second-order valence-electron chi connectivity index (χ2n) is 3.88. The van der Waals surface area contributed by atoms with Crippen molar-refractivity contribution in [2.24, 2.45) is 0 Å². The molecule has 0 saturated carbocycles. The largest absolute Gasteiger partial charge is 0.304 e. The molecule has 0 aliphatic heterocycles. The Balaban J connectivity index is 4.15. The van der Waals surface area contributed by atoms with Crippen LogP contribution in [0, 0.1) is 0 Å². The Kier molecular flexibility index (Phi) is 9.22. The van der Waals surface area contributed by atoms with E-state index in [0.29, 0.717) is 13.1 Å².